The van der Waals surface area contributed by atoms with Gasteiger partial charge < -0.3 is 19.8 Å². The summed E-state index contributed by atoms with van der Waals surface area (Å²) in [5.74, 6) is -1.05. The molecule has 0 unspecified atom stereocenters. The summed E-state index contributed by atoms with van der Waals surface area (Å²) in [6.07, 6.45) is 0.968. The lowest BCUT2D eigenvalue weighted by Crippen LogP contribution is -2.19. The van der Waals surface area contributed by atoms with Crippen LogP contribution in [0.15, 0.2) is 71.9 Å². The molecule has 0 aliphatic carbocycles. The first kappa shape index (κ1) is 22.6. The van der Waals surface area contributed by atoms with E-state index in [2.05, 4.69) is 71.4 Å². The maximum atomic E-state index is 10.9. The molecule has 1 aromatic heterocycles. The smallest absolute Gasteiger partial charge is 0.344 e. The van der Waals surface area contributed by atoms with E-state index in [0.717, 1.165) is 47.9 Å². The number of carboxylic acids is 1. The first-order valence-electron chi connectivity index (χ1n) is 11.2. The Bertz CT molecular complexity index is 1340. The normalized spacial score (nSPS) is 11.9. The Kier molecular flexibility index (Phi) is 7.05. The van der Waals surface area contributed by atoms with Gasteiger partial charge in [-0.05, 0) is 49.6 Å². The van der Waals surface area contributed by atoms with Crippen molar-refractivity contribution in [3.05, 3.63) is 88.8 Å². The molecule has 2 N–H and O–H groups in total. The minimum absolute atomic E-state index is 0.470. The highest BCUT2D eigenvalue weighted by Crippen LogP contribution is 2.25. The molecule has 170 valence electrons. The zero-order valence-corrected chi connectivity index (χ0v) is 19.0. The van der Waals surface area contributed by atoms with Gasteiger partial charge in [0.15, 0.2) is 0 Å². The van der Waals surface area contributed by atoms with Crippen LogP contribution in [-0.4, -0.2) is 28.8 Å². The molecule has 33 heavy (non-hydrogen) atoms. The molecule has 0 spiro atoms. The topological polar surface area (TPSA) is 75.8 Å². The summed E-state index contributed by atoms with van der Waals surface area (Å²) < 4.78 is 2.35. The van der Waals surface area contributed by atoms with Crippen molar-refractivity contribution in [2.24, 2.45) is 5.16 Å². The number of fused-ring (bicyclic) bond motifs is 2. The lowest BCUT2D eigenvalue weighted by Gasteiger charge is -2.19. The highest BCUT2D eigenvalue weighted by Gasteiger charge is 2.13. The molecule has 4 aromatic rings. The number of nitrogens with one attached hydrogen (secondary N) is 1. The average molecular weight is 444 g/mol. The minimum atomic E-state index is -1.05. The molecule has 0 amide bonds. The van der Waals surface area contributed by atoms with Crippen LogP contribution >= 0.6 is 0 Å². The van der Waals surface area contributed by atoms with E-state index in [0.29, 0.717) is 5.36 Å². The van der Waals surface area contributed by atoms with E-state index < -0.39 is 12.6 Å². The van der Waals surface area contributed by atoms with Crippen LogP contribution in [0, 0.1) is 13.8 Å². The molecule has 0 aliphatic rings. The van der Waals surface area contributed by atoms with Gasteiger partial charge >= 0.3 is 5.97 Å². The summed E-state index contributed by atoms with van der Waals surface area (Å²) in [6.45, 7) is 6.36. The first-order valence-corrected chi connectivity index (χ1v) is 11.2. The van der Waals surface area contributed by atoms with Crippen molar-refractivity contribution in [1.82, 2.24) is 9.88 Å². The highest BCUT2D eigenvalue weighted by molar-refractivity contribution is 5.95. The molecule has 4 rings (SSSR count). The lowest BCUT2D eigenvalue weighted by molar-refractivity contribution is -0.142. The Balaban J connectivity index is 1.70. The Hall–Kier alpha value is -3.64. The zero-order chi connectivity index (χ0) is 23.2. The van der Waals surface area contributed by atoms with Gasteiger partial charge in [-0.3, -0.25) is 0 Å². The van der Waals surface area contributed by atoms with Crippen molar-refractivity contribution in [1.29, 1.82) is 0 Å². The first-order chi connectivity index (χ1) is 16.1. The van der Waals surface area contributed by atoms with Crippen LogP contribution in [-0.2, 0) is 22.7 Å². The van der Waals surface area contributed by atoms with Gasteiger partial charge in [0, 0.05) is 23.9 Å². The third kappa shape index (κ3) is 5.07. The second kappa shape index (κ2) is 10.3. The van der Waals surface area contributed by atoms with Crippen molar-refractivity contribution in [2.45, 2.75) is 33.4 Å². The fourth-order valence-electron chi connectivity index (χ4n) is 4.19. The van der Waals surface area contributed by atoms with E-state index in [1.54, 1.807) is 0 Å². The van der Waals surface area contributed by atoms with Crippen molar-refractivity contribution < 1.29 is 14.7 Å². The number of aryl methyl sites for hydroxylation is 3. The Morgan fingerprint density at radius 3 is 2.55 bits per heavy atom. The molecule has 1 heterocycles. The summed E-state index contributed by atoms with van der Waals surface area (Å²) in [5.41, 5.74) is 5.82. The molecule has 0 aliphatic heterocycles. The number of hydrogen-bond donors (Lipinski definition) is 2. The largest absolute Gasteiger partial charge is 0.479 e. The van der Waals surface area contributed by atoms with Crippen LogP contribution in [0.25, 0.3) is 21.8 Å². The molecular weight excluding hydrogens is 414 g/mol. The molecule has 0 atom stereocenters. The Morgan fingerprint density at radius 2 is 1.76 bits per heavy atom. The van der Waals surface area contributed by atoms with Gasteiger partial charge in [-0.2, -0.15) is 0 Å². The predicted molar refractivity (Wildman–Crippen MR) is 131 cm³/mol. The van der Waals surface area contributed by atoms with E-state index in [4.69, 9.17) is 9.94 Å². The van der Waals surface area contributed by atoms with E-state index in [9.17, 15) is 4.79 Å². The highest BCUT2D eigenvalue weighted by atomic mass is 16.6. The second-order valence-corrected chi connectivity index (χ2v) is 8.20. The molecule has 0 radical (unpaired) electrons. The Morgan fingerprint density at radius 1 is 1.00 bits per heavy atom. The van der Waals surface area contributed by atoms with Crippen LogP contribution in [0.4, 0.5) is 0 Å². The SMILES string of the molecule is Cc1ccc2c(=NOCC(=O)O)c3ccccc3n(CCCNCc3ccccc3)c2c1C. The van der Waals surface area contributed by atoms with Gasteiger partial charge in [0.25, 0.3) is 0 Å². The summed E-state index contributed by atoms with van der Waals surface area (Å²) in [5, 5.41) is 19.3. The third-order valence-corrected chi connectivity index (χ3v) is 5.93. The van der Waals surface area contributed by atoms with Gasteiger partial charge in [0.2, 0.25) is 6.61 Å². The van der Waals surface area contributed by atoms with Gasteiger partial charge in [0.05, 0.1) is 11.0 Å². The third-order valence-electron chi connectivity index (χ3n) is 5.93. The Labute approximate surface area is 193 Å². The van der Waals surface area contributed by atoms with Crippen LogP contribution in [0.3, 0.4) is 0 Å². The van der Waals surface area contributed by atoms with Crippen molar-refractivity contribution in [2.75, 3.05) is 13.2 Å². The van der Waals surface area contributed by atoms with Crippen LogP contribution < -0.4 is 10.7 Å². The number of para-hydroxylation sites is 1. The minimum Gasteiger partial charge on any atom is -0.479 e. The monoisotopic (exact) mass is 443 g/mol. The summed E-state index contributed by atoms with van der Waals surface area (Å²) in [6, 6.07) is 22.6. The molecular formula is C27H29N3O3. The van der Waals surface area contributed by atoms with Crippen LogP contribution in [0.5, 0.6) is 0 Å². The predicted octanol–water partition coefficient (Wildman–Crippen LogP) is 4.51. The standard InChI is InChI=1S/C27H29N3O3/c1-19-13-14-23-26(29-33-18-25(31)32)22-11-6-7-12-24(22)30(27(23)20(19)2)16-8-15-28-17-21-9-4-3-5-10-21/h3-7,9-14,28H,8,15-18H2,1-2H3,(H,31,32). The number of aromatic nitrogens is 1. The molecule has 3 aromatic carbocycles. The number of carbonyl (C=O) groups is 1. The van der Waals surface area contributed by atoms with Crippen LogP contribution in [0.2, 0.25) is 0 Å². The van der Waals surface area contributed by atoms with E-state index in [1.165, 1.54) is 16.7 Å². The number of nitrogens with zero attached hydrogens (tertiary/aromatic N) is 2. The van der Waals surface area contributed by atoms with Crippen LogP contribution in [0.1, 0.15) is 23.1 Å². The zero-order valence-electron chi connectivity index (χ0n) is 19.0. The number of hydrogen-bond acceptors (Lipinski definition) is 4. The number of rotatable bonds is 9. The van der Waals surface area contributed by atoms with Gasteiger partial charge in [-0.15, -0.1) is 0 Å². The number of benzene rings is 3. The van der Waals surface area contributed by atoms with E-state index in [1.807, 2.05) is 24.3 Å². The molecule has 0 saturated heterocycles. The van der Waals surface area contributed by atoms with E-state index >= 15 is 0 Å². The van der Waals surface area contributed by atoms with E-state index in [-0.39, 0.29) is 0 Å². The fourth-order valence-corrected chi connectivity index (χ4v) is 4.19. The fraction of sp³-hybridized carbons (Fsp3) is 0.259. The molecule has 6 heteroatoms. The number of aliphatic carboxylic acids is 1. The summed E-state index contributed by atoms with van der Waals surface area (Å²) in [4.78, 5) is 16.1. The maximum absolute atomic E-state index is 10.9. The summed E-state index contributed by atoms with van der Waals surface area (Å²) >= 11 is 0. The van der Waals surface area contributed by atoms with Crippen molar-refractivity contribution >= 4 is 27.8 Å². The van der Waals surface area contributed by atoms with Crippen molar-refractivity contribution in [3.63, 3.8) is 0 Å². The van der Waals surface area contributed by atoms with Gasteiger partial charge in [-0.1, -0.05) is 65.8 Å². The molecule has 0 bridgehead atoms. The van der Waals surface area contributed by atoms with Crippen molar-refractivity contribution in [3.8, 4) is 0 Å². The second-order valence-electron chi connectivity index (χ2n) is 8.20. The van der Waals surface area contributed by atoms with Gasteiger partial charge in [0.1, 0.15) is 5.36 Å². The maximum Gasteiger partial charge on any atom is 0.344 e. The lowest BCUT2D eigenvalue weighted by atomic mass is 10.0. The number of pyridine rings is 1. The quantitative estimate of drug-likeness (QED) is 0.227. The molecule has 0 fully saturated rings. The number of carboxylic acid groups (broad SMARTS) is 1. The molecule has 6 nitrogen and oxygen atoms in total. The average Bonchev–Trinajstić information content (AvgIpc) is 2.82. The van der Waals surface area contributed by atoms with Gasteiger partial charge in [-0.25, -0.2) is 4.79 Å². The summed E-state index contributed by atoms with van der Waals surface area (Å²) in [7, 11) is 0. The molecule has 0 saturated carbocycles.